The highest BCUT2D eigenvalue weighted by Gasteiger charge is 2.42. The summed E-state index contributed by atoms with van der Waals surface area (Å²) in [5, 5.41) is 4.61. The number of ether oxygens (including phenoxy) is 2. The Balaban J connectivity index is 1.18. The van der Waals surface area contributed by atoms with Gasteiger partial charge in [0.25, 0.3) is 5.91 Å². The molecule has 2 aromatic rings. The highest BCUT2D eigenvalue weighted by Crippen LogP contribution is 2.42. The summed E-state index contributed by atoms with van der Waals surface area (Å²) < 4.78 is 62.6. The van der Waals surface area contributed by atoms with Crippen molar-refractivity contribution in [2.24, 2.45) is 0 Å². The van der Waals surface area contributed by atoms with Gasteiger partial charge in [-0.2, -0.15) is 0 Å². The van der Waals surface area contributed by atoms with Crippen LogP contribution in [0.2, 0.25) is 5.02 Å². The Kier molecular flexibility index (Phi) is 7.29. The third-order valence-electron chi connectivity index (χ3n) is 6.99. The molecule has 0 bridgehead atoms. The Bertz CT molecular complexity index is 1400. The number of fused-ring (bicyclic) bond motifs is 1. The molecule has 1 saturated carbocycles. The van der Waals surface area contributed by atoms with E-state index in [0.29, 0.717) is 0 Å². The van der Waals surface area contributed by atoms with E-state index >= 15 is 4.39 Å². The third kappa shape index (κ3) is 5.53. The molecular weight excluding hydrogens is 564 g/mol. The van der Waals surface area contributed by atoms with Gasteiger partial charge in [-0.3, -0.25) is 24.7 Å². The SMILES string of the molecule is O=C1CCC(N2Cc3c(Cl)cc(CNC(=O)OC4CC(c5ncccc5OC(F)(F)F)C4)c(F)c3C2=O)C(=O)N1. The molecule has 15 heteroatoms. The standard InChI is InChI=1S/C25H21ClF4N4O6/c26-15-8-12(20(27)19-14(15)10-34(23(19)37)16-3-4-18(35)33-22(16)36)9-32-24(38)39-13-6-11(7-13)21-17(2-1-5-31-21)40-25(28,29)30/h1-2,5,8,11,13,16H,3-4,6-7,9-10H2,(H,32,38)(H,33,35,36). The molecule has 1 atom stereocenters. The molecule has 2 aliphatic heterocycles. The summed E-state index contributed by atoms with van der Waals surface area (Å²) in [6, 6.07) is 2.79. The molecule has 212 valence electrons. The van der Waals surface area contributed by atoms with E-state index < -0.39 is 59.8 Å². The Morgan fingerprint density at radius 1 is 1.25 bits per heavy atom. The zero-order valence-electron chi connectivity index (χ0n) is 20.5. The minimum absolute atomic E-state index is 0.0378. The van der Waals surface area contributed by atoms with Crippen LogP contribution in [0, 0.1) is 5.82 Å². The predicted octanol–water partition coefficient (Wildman–Crippen LogP) is 3.71. The van der Waals surface area contributed by atoms with Gasteiger partial charge in [0.1, 0.15) is 18.0 Å². The fraction of sp³-hybridized carbons (Fsp3) is 0.400. The Labute approximate surface area is 228 Å². The highest BCUT2D eigenvalue weighted by atomic mass is 35.5. The summed E-state index contributed by atoms with van der Waals surface area (Å²) in [4.78, 5) is 54.1. The molecule has 0 radical (unpaired) electrons. The number of benzene rings is 1. The second-order valence-electron chi connectivity index (χ2n) is 9.57. The van der Waals surface area contributed by atoms with Gasteiger partial charge in [-0.05, 0) is 37.5 Å². The summed E-state index contributed by atoms with van der Waals surface area (Å²) in [5.41, 5.74) is -0.0976. The molecule has 3 heterocycles. The lowest BCUT2D eigenvalue weighted by Gasteiger charge is -2.34. The summed E-state index contributed by atoms with van der Waals surface area (Å²) in [7, 11) is 0. The fourth-order valence-electron chi connectivity index (χ4n) is 5.00. The maximum atomic E-state index is 15.3. The number of piperidine rings is 1. The molecule has 1 unspecified atom stereocenters. The number of nitrogens with one attached hydrogen (secondary N) is 2. The van der Waals surface area contributed by atoms with Crippen LogP contribution in [-0.4, -0.2) is 52.2 Å². The van der Waals surface area contributed by atoms with Gasteiger partial charge in [-0.1, -0.05) is 11.6 Å². The van der Waals surface area contributed by atoms with Crippen LogP contribution in [0.1, 0.15) is 58.8 Å². The van der Waals surface area contributed by atoms with Gasteiger partial charge >= 0.3 is 12.5 Å². The number of hydrogen-bond donors (Lipinski definition) is 2. The number of alkyl halides is 3. The fourth-order valence-corrected chi connectivity index (χ4v) is 5.29. The molecule has 3 aliphatic rings. The van der Waals surface area contributed by atoms with Crippen LogP contribution in [0.5, 0.6) is 5.75 Å². The van der Waals surface area contributed by atoms with Crippen molar-refractivity contribution >= 4 is 35.4 Å². The first-order chi connectivity index (χ1) is 18.9. The molecule has 40 heavy (non-hydrogen) atoms. The highest BCUT2D eigenvalue weighted by molar-refractivity contribution is 6.32. The van der Waals surface area contributed by atoms with Gasteiger partial charge in [0, 0.05) is 47.8 Å². The van der Waals surface area contributed by atoms with Crippen LogP contribution in [-0.2, 0) is 27.4 Å². The molecule has 1 aliphatic carbocycles. The normalized spacial score (nSPS) is 22.4. The average Bonchev–Trinajstić information content (AvgIpc) is 3.20. The van der Waals surface area contributed by atoms with E-state index in [1.165, 1.54) is 18.3 Å². The van der Waals surface area contributed by atoms with Crippen molar-refractivity contribution in [2.75, 3.05) is 0 Å². The first-order valence-electron chi connectivity index (χ1n) is 12.2. The van der Waals surface area contributed by atoms with Crippen molar-refractivity contribution in [2.45, 2.75) is 63.2 Å². The maximum Gasteiger partial charge on any atom is 0.573 e. The van der Waals surface area contributed by atoms with E-state index in [1.54, 1.807) is 0 Å². The number of hydrogen-bond acceptors (Lipinski definition) is 7. The largest absolute Gasteiger partial charge is 0.573 e. The average molecular weight is 585 g/mol. The van der Waals surface area contributed by atoms with Crippen molar-refractivity contribution in [1.82, 2.24) is 20.5 Å². The smallest absolute Gasteiger partial charge is 0.446 e. The van der Waals surface area contributed by atoms with Crippen molar-refractivity contribution in [3.8, 4) is 5.75 Å². The number of amides is 4. The van der Waals surface area contributed by atoms with Gasteiger partial charge < -0.3 is 19.7 Å². The lowest BCUT2D eigenvalue weighted by atomic mass is 9.79. The molecular formula is C25H21ClF4N4O6. The van der Waals surface area contributed by atoms with E-state index in [2.05, 4.69) is 20.4 Å². The van der Waals surface area contributed by atoms with Crippen LogP contribution in [0.4, 0.5) is 22.4 Å². The van der Waals surface area contributed by atoms with Crippen LogP contribution in [0.3, 0.4) is 0 Å². The minimum Gasteiger partial charge on any atom is -0.446 e. The van der Waals surface area contributed by atoms with Gasteiger partial charge in [0.05, 0.1) is 11.3 Å². The molecule has 5 rings (SSSR count). The number of aromatic nitrogens is 1. The second-order valence-corrected chi connectivity index (χ2v) is 9.98. The Morgan fingerprint density at radius 2 is 2.00 bits per heavy atom. The van der Waals surface area contributed by atoms with Gasteiger partial charge in [-0.15, -0.1) is 13.2 Å². The summed E-state index contributed by atoms with van der Waals surface area (Å²) >= 11 is 6.30. The van der Waals surface area contributed by atoms with Crippen molar-refractivity contribution < 1.29 is 46.2 Å². The summed E-state index contributed by atoms with van der Waals surface area (Å²) in [6.45, 7) is -0.482. The van der Waals surface area contributed by atoms with Gasteiger partial charge in [0.15, 0.2) is 5.75 Å². The van der Waals surface area contributed by atoms with E-state index in [0.717, 1.165) is 11.0 Å². The number of nitrogens with zero attached hydrogens (tertiary/aromatic N) is 2. The molecule has 0 spiro atoms. The monoisotopic (exact) mass is 584 g/mol. The molecule has 1 aromatic heterocycles. The number of pyridine rings is 1. The van der Waals surface area contributed by atoms with Gasteiger partial charge in [-0.25, -0.2) is 9.18 Å². The third-order valence-corrected chi connectivity index (χ3v) is 7.32. The molecule has 1 aromatic carbocycles. The molecule has 1 saturated heterocycles. The first-order valence-corrected chi connectivity index (χ1v) is 12.6. The van der Waals surface area contributed by atoms with E-state index in [1.807, 2.05) is 0 Å². The number of alkyl carbamates (subject to hydrolysis) is 1. The lowest BCUT2D eigenvalue weighted by molar-refractivity contribution is -0.275. The number of carbonyl (C=O) groups is 4. The van der Waals surface area contributed by atoms with E-state index in [9.17, 15) is 32.3 Å². The second kappa shape index (κ2) is 10.6. The predicted molar refractivity (Wildman–Crippen MR) is 127 cm³/mol. The van der Waals surface area contributed by atoms with Crippen molar-refractivity contribution in [3.63, 3.8) is 0 Å². The van der Waals surface area contributed by atoms with E-state index in [4.69, 9.17) is 16.3 Å². The maximum absolute atomic E-state index is 15.3. The van der Waals surface area contributed by atoms with Crippen molar-refractivity contribution in [1.29, 1.82) is 0 Å². The van der Waals surface area contributed by atoms with Crippen LogP contribution in [0.15, 0.2) is 24.4 Å². The molecule has 4 amide bonds. The van der Waals surface area contributed by atoms with Crippen molar-refractivity contribution in [3.05, 3.63) is 57.6 Å². The summed E-state index contributed by atoms with van der Waals surface area (Å²) in [6.07, 6.45) is -4.48. The zero-order valence-corrected chi connectivity index (χ0v) is 21.3. The molecule has 10 nitrogen and oxygen atoms in total. The van der Waals surface area contributed by atoms with E-state index in [-0.39, 0.29) is 66.2 Å². The Hall–Kier alpha value is -3.94. The Morgan fingerprint density at radius 3 is 2.70 bits per heavy atom. The van der Waals surface area contributed by atoms with Crippen LogP contribution in [0.25, 0.3) is 0 Å². The topological polar surface area (TPSA) is 127 Å². The number of carbonyl (C=O) groups excluding carboxylic acids is 4. The number of rotatable bonds is 6. The summed E-state index contributed by atoms with van der Waals surface area (Å²) in [5.74, 6) is -3.60. The number of halogens is 5. The first kappa shape index (κ1) is 27.6. The minimum atomic E-state index is -4.87. The van der Waals surface area contributed by atoms with Crippen LogP contribution < -0.4 is 15.4 Å². The molecule has 2 fully saturated rings. The van der Waals surface area contributed by atoms with Crippen LogP contribution >= 0.6 is 11.6 Å². The quantitative estimate of drug-likeness (QED) is 0.391. The zero-order chi connectivity index (χ0) is 28.8. The molecule has 2 N–H and O–H groups in total. The lowest BCUT2D eigenvalue weighted by Crippen LogP contribution is -2.52. The van der Waals surface area contributed by atoms with Gasteiger partial charge in [0.2, 0.25) is 11.8 Å². The number of imide groups is 1.